The third-order valence-electron chi connectivity index (χ3n) is 3.29. The molecule has 1 atom stereocenters. The molecule has 1 unspecified atom stereocenters. The second kappa shape index (κ2) is 5.66. The molecule has 0 radical (unpaired) electrons. The molecule has 0 aliphatic carbocycles. The van der Waals surface area contributed by atoms with E-state index >= 15 is 0 Å². The summed E-state index contributed by atoms with van der Waals surface area (Å²) in [6.45, 7) is 1.99. The average molecular weight is 280 g/mol. The van der Waals surface area contributed by atoms with Crippen LogP contribution in [-0.4, -0.2) is 15.2 Å². The summed E-state index contributed by atoms with van der Waals surface area (Å²) in [4.78, 5) is 4.19. The Bertz CT molecular complexity index is 710. The topological polar surface area (TPSA) is 76.8 Å². The number of benzene rings is 1. The third kappa shape index (κ3) is 2.86. The van der Waals surface area contributed by atoms with Crippen LogP contribution in [0.3, 0.4) is 0 Å². The van der Waals surface area contributed by atoms with Crippen molar-refractivity contribution in [2.24, 2.45) is 0 Å². The van der Waals surface area contributed by atoms with Gasteiger partial charge in [-0.2, -0.15) is 5.10 Å². The van der Waals surface area contributed by atoms with E-state index < -0.39 is 0 Å². The zero-order valence-electron chi connectivity index (χ0n) is 11.7. The zero-order valence-corrected chi connectivity index (χ0v) is 11.7. The number of rotatable bonds is 4. The molecule has 3 aromatic rings. The monoisotopic (exact) mass is 280 g/mol. The molecule has 5 nitrogen and oxygen atoms in total. The van der Waals surface area contributed by atoms with Crippen LogP contribution in [-0.2, 0) is 0 Å². The highest BCUT2D eigenvalue weighted by Gasteiger charge is 2.11. The molecule has 3 rings (SSSR count). The molecule has 3 N–H and O–H groups in total. The molecule has 1 aromatic carbocycles. The second-order valence-electron chi connectivity index (χ2n) is 4.77. The van der Waals surface area contributed by atoms with Crippen LogP contribution in [0.4, 0.5) is 5.82 Å². The number of pyridine rings is 1. The Hall–Kier alpha value is -2.82. The Morgan fingerprint density at radius 1 is 1.14 bits per heavy atom. The Morgan fingerprint density at radius 3 is 2.67 bits per heavy atom. The van der Waals surface area contributed by atoms with E-state index in [-0.39, 0.29) is 6.10 Å². The SMILES string of the molecule is CC(Oc1cc(-c2cn[nH]c2)cnc1N)c1ccccc1. The number of hydrogen-bond acceptors (Lipinski definition) is 4. The van der Waals surface area contributed by atoms with E-state index in [1.807, 2.05) is 43.3 Å². The van der Waals surface area contributed by atoms with E-state index in [0.717, 1.165) is 16.7 Å². The maximum absolute atomic E-state index is 5.95. The number of H-pyrrole nitrogens is 1. The molecule has 0 aliphatic rings. The number of aromatic nitrogens is 3. The lowest BCUT2D eigenvalue weighted by Gasteiger charge is -2.16. The minimum atomic E-state index is -0.102. The van der Waals surface area contributed by atoms with Crippen LogP contribution in [0.1, 0.15) is 18.6 Å². The van der Waals surface area contributed by atoms with Crippen LogP contribution < -0.4 is 10.5 Å². The molecule has 2 heterocycles. The van der Waals surface area contributed by atoms with Gasteiger partial charge in [0.1, 0.15) is 6.10 Å². The van der Waals surface area contributed by atoms with Crippen LogP contribution in [0.2, 0.25) is 0 Å². The molecule has 106 valence electrons. The summed E-state index contributed by atoms with van der Waals surface area (Å²) >= 11 is 0. The fraction of sp³-hybridized carbons (Fsp3) is 0.125. The van der Waals surface area contributed by atoms with Crippen molar-refractivity contribution in [1.29, 1.82) is 0 Å². The molecule has 21 heavy (non-hydrogen) atoms. The number of ether oxygens (including phenoxy) is 1. The minimum Gasteiger partial charge on any atom is -0.482 e. The summed E-state index contributed by atoms with van der Waals surface area (Å²) in [5.41, 5.74) is 8.85. The Labute approximate surface area is 122 Å². The summed E-state index contributed by atoms with van der Waals surface area (Å²) < 4.78 is 5.95. The van der Waals surface area contributed by atoms with E-state index in [1.54, 1.807) is 18.6 Å². The van der Waals surface area contributed by atoms with Crippen molar-refractivity contribution >= 4 is 5.82 Å². The smallest absolute Gasteiger partial charge is 0.166 e. The van der Waals surface area contributed by atoms with Gasteiger partial charge in [0.2, 0.25) is 0 Å². The highest BCUT2D eigenvalue weighted by Crippen LogP contribution is 2.30. The highest BCUT2D eigenvalue weighted by molar-refractivity contribution is 5.65. The van der Waals surface area contributed by atoms with Crippen molar-refractivity contribution in [3.05, 3.63) is 60.6 Å². The first-order chi connectivity index (χ1) is 10.2. The lowest BCUT2D eigenvalue weighted by Crippen LogP contribution is -2.05. The molecule has 0 bridgehead atoms. The van der Waals surface area contributed by atoms with Gasteiger partial charge < -0.3 is 10.5 Å². The summed E-state index contributed by atoms with van der Waals surface area (Å²) in [6.07, 6.45) is 5.14. The maximum Gasteiger partial charge on any atom is 0.166 e. The molecule has 0 saturated carbocycles. The Balaban J connectivity index is 1.86. The van der Waals surface area contributed by atoms with Gasteiger partial charge in [0.25, 0.3) is 0 Å². The standard InChI is InChI=1S/C16H16N4O/c1-11(12-5-3-2-4-6-12)21-15-7-13(8-18-16(15)17)14-9-19-20-10-14/h2-11H,1H3,(H2,17,18)(H,19,20). The minimum absolute atomic E-state index is 0.102. The van der Waals surface area contributed by atoms with Gasteiger partial charge in [0.05, 0.1) is 6.20 Å². The summed E-state index contributed by atoms with van der Waals surface area (Å²) in [6, 6.07) is 11.9. The number of aromatic amines is 1. The van der Waals surface area contributed by atoms with Gasteiger partial charge in [-0.1, -0.05) is 30.3 Å². The van der Waals surface area contributed by atoms with E-state index in [9.17, 15) is 0 Å². The van der Waals surface area contributed by atoms with Crippen molar-refractivity contribution in [1.82, 2.24) is 15.2 Å². The Morgan fingerprint density at radius 2 is 1.95 bits per heavy atom. The molecule has 0 amide bonds. The van der Waals surface area contributed by atoms with Crippen molar-refractivity contribution in [3.8, 4) is 16.9 Å². The number of nitrogens with zero attached hydrogens (tertiary/aromatic N) is 2. The van der Waals surface area contributed by atoms with E-state index in [2.05, 4.69) is 15.2 Å². The van der Waals surface area contributed by atoms with Crippen LogP contribution in [0.15, 0.2) is 55.0 Å². The van der Waals surface area contributed by atoms with Gasteiger partial charge in [-0.15, -0.1) is 0 Å². The van der Waals surface area contributed by atoms with Crippen molar-refractivity contribution in [2.45, 2.75) is 13.0 Å². The van der Waals surface area contributed by atoms with Gasteiger partial charge >= 0.3 is 0 Å². The normalized spacial score (nSPS) is 12.0. The first kappa shape index (κ1) is 13.2. The van der Waals surface area contributed by atoms with Gasteiger partial charge in [0, 0.05) is 23.5 Å². The zero-order chi connectivity index (χ0) is 14.7. The fourth-order valence-corrected chi connectivity index (χ4v) is 2.10. The van der Waals surface area contributed by atoms with Crippen molar-refractivity contribution in [2.75, 3.05) is 5.73 Å². The van der Waals surface area contributed by atoms with Crippen molar-refractivity contribution < 1.29 is 4.74 Å². The first-order valence-electron chi connectivity index (χ1n) is 6.70. The Kier molecular flexibility index (Phi) is 3.55. The number of anilines is 1. The molecule has 5 heteroatoms. The average Bonchev–Trinajstić information content (AvgIpc) is 3.04. The van der Waals surface area contributed by atoms with Crippen LogP contribution in [0.25, 0.3) is 11.1 Å². The molecule has 2 aromatic heterocycles. The lowest BCUT2D eigenvalue weighted by atomic mass is 10.1. The second-order valence-corrected chi connectivity index (χ2v) is 4.77. The summed E-state index contributed by atoms with van der Waals surface area (Å²) in [5, 5.41) is 6.71. The number of hydrogen-bond donors (Lipinski definition) is 2. The maximum atomic E-state index is 5.95. The van der Waals surface area contributed by atoms with Crippen molar-refractivity contribution in [3.63, 3.8) is 0 Å². The molecule has 0 fully saturated rings. The molecule has 0 saturated heterocycles. The van der Waals surface area contributed by atoms with Crippen LogP contribution in [0, 0.1) is 0 Å². The van der Waals surface area contributed by atoms with Gasteiger partial charge in [-0.05, 0) is 18.6 Å². The molecule has 0 aliphatic heterocycles. The van der Waals surface area contributed by atoms with Crippen LogP contribution >= 0.6 is 0 Å². The number of nitrogen functional groups attached to an aromatic ring is 1. The van der Waals surface area contributed by atoms with E-state index in [1.165, 1.54) is 0 Å². The predicted octanol–water partition coefficient (Wildman–Crippen LogP) is 3.19. The molecular weight excluding hydrogens is 264 g/mol. The van der Waals surface area contributed by atoms with Gasteiger partial charge in [0.15, 0.2) is 11.6 Å². The van der Waals surface area contributed by atoms with E-state index in [4.69, 9.17) is 10.5 Å². The fourth-order valence-electron chi connectivity index (χ4n) is 2.10. The first-order valence-corrected chi connectivity index (χ1v) is 6.70. The van der Waals surface area contributed by atoms with Crippen LogP contribution in [0.5, 0.6) is 5.75 Å². The van der Waals surface area contributed by atoms with E-state index in [0.29, 0.717) is 11.6 Å². The quantitative estimate of drug-likeness (QED) is 0.769. The number of nitrogens with one attached hydrogen (secondary N) is 1. The molecule has 0 spiro atoms. The largest absolute Gasteiger partial charge is 0.482 e. The summed E-state index contributed by atoms with van der Waals surface area (Å²) in [5.74, 6) is 0.954. The third-order valence-corrected chi connectivity index (χ3v) is 3.29. The predicted molar refractivity (Wildman–Crippen MR) is 81.7 cm³/mol. The highest BCUT2D eigenvalue weighted by atomic mass is 16.5. The van der Waals surface area contributed by atoms with Gasteiger partial charge in [-0.25, -0.2) is 4.98 Å². The number of nitrogens with two attached hydrogens (primary N) is 1. The van der Waals surface area contributed by atoms with Gasteiger partial charge in [-0.3, -0.25) is 5.10 Å². The summed E-state index contributed by atoms with van der Waals surface area (Å²) in [7, 11) is 0. The molecular formula is C16H16N4O. The lowest BCUT2D eigenvalue weighted by molar-refractivity contribution is 0.228.